The third-order valence-corrected chi connectivity index (χ3v) is 5.92. The highest BCUT2D eigenvalue weighted by atomic mass is 16.5. The van der Waals surface area contributed by atoms with Gasteiger partial charge in [0.1, 0.15) is 5.82 Å². The fourth-order valence-corrected chi connectivity index (χ4v) is 4.50. The van der Waals surface area contributed by atoms with Crippen LogP contribution in [0.4, 0.5) is 11.5 Å². The van der Waals surface area contributed by atoms with Gasteiger partial charge in [-0.3, -0.25) is 4.79 Å². The standard InChI is InChI=1S/C23H31N3O2/c1-18-17-25(12-13-28-18)21-15-22(24-23(27)16-21)26-11-7-3-6-10-20(26)14-19-8-4-2-5-9-19/h2,4-5,8-9,15-16,18,20H,3,6-7,10-14,17H2,1H3,(H,24,27). The van der Waals surface area contributed by atoms with Crippen molar-refractivity contribution < 1.29 is 4.74 Å². The van der Waals surface area contributed by atoms with Crippen LogP contribution in [0.15, 0.2) is 47.3 Å². The number of rotatable bonds is 4. The third kappa shape index (κ3) is 4.58. The number of ether oxygens (including phenoxy) is 1. The molecule has 0 bridgehead atoms. The second-order valence-corrected chi connectivity index (χ2v) is 8.10. The fraction of sp³-hybridized carbons (Fsp3) is 0.522. The highest BCUT2D eigenvalue weighted by Gasteiger charge is 2.24. The zero-order valence-corrected chi connectivity index (χ0v) is 16.8. The number of aromatic nitrogens is 1. The minimum absolute atomic E-state index is 0.0191. The molecule has 2 fully saturated rings. The Morgan fingerprint density at radius 2 is 1.96 bits per heavy atom. The summed E-state index contributed by atoms with van der Waals surface area (Å²) in [5.41, 5.74) is 2.35. The minimum atomic E-state index is -0.0191. The van der Waals surface area contributed by atoms with Crippen molar-refractivity contribution in [2.45, 2.75) is 51.2 Å². The van der Waals surface area contributed by atoms with Crippen LogP contribution in [0.25, 0.3) is 0 Å². The molecule has 2 aliphatic heterocycles. The van der Waals surface area contributed by atoms with Gasteiger partial charge in [-0.15, -0.1) is 0 Å². The molecule has 4 rings (SSSR count). The van der Waals surface area contributed by atoms with Crippen molar-refractivity contribution in [3.63, 3.8) is 0 Å². The average Bonchev–Trinajstić information content (AvgIpc) is 2.94. The first kappa shape index (κ1) is 19.1. The number of morpholine rings is 1. The van der Waals surface area contributed by atoms with Crippen LogP contribution in [-0.2, 0) is 11.2 Å². The summed E-state index contributed by atoms with van der Waals surface area (Å²) in [6, 6.07) is 15.0. The Balaban J connectivity index is 1.61. The second-order valence-electron chi connectivity index (χ2n) is 8.10. The van der Waals surface area contributed by atoms with Crippen molar-refractivity contribution in [1.82, 2.24) is 4.98 Å². The maximum absolute atomic E-state index is 12.5. The third-order valence-electron chi connectivity index (χ3n) is 5.92. The molecule has 1 aromatic heterocycles. The van der Waals surface area contributed by atoms with E-state index in [1.54, 1.807) is 6.07 Å². The van der Waals surface area contributed by atoms with Crippen molar-refractivity contribution in [3.05, 3.63) is 58.4 Å². The quantitative estimate of drug-likeness (QED) is 0.879. The van der Waals surface area contributed by atoms with E-state index in [0.29, 0.717) is 12.6 Å². The molecule has 2 aromatic rings. The van der Waals surface area contributed by atoms with Gasteiger partial charge in [-0.05, 0) is 31.7 Å². The Morgan fingerprint density at radius 1 is 1.11 bits per heavy atom. The summed E-state index contributed by atoms with van der Waals surface area (Å²) in [5, 5.41) is 0. The number of pyridine rings is 1. The molecule has 0 radical (unpaired) electrons. The molecule has 3 heterocycles. The van der Waals surface area contributed by atoms with Gasteiger partial charge in [0.2, 0.25) is 0 Å². The summed E-state index contributed by atoms with van der Waals surface area (Å²) < 4.78 is 5.67. The molecule has 0 saturated carbocycles. The molecule has 0 spiro atoms. The molecule has 150 valence electrons. The molecule has 0 amide bonds. The largest absolute Gasteiger partial charge is 0.375 e. The van der Waals surface area contributed by atoms with Gasteiger partial charge in [0.15, 0.2) is 0 Å². The lowest BCUT2D eigenvalue weighted by Crippen LogP contribution is -2.42. The number of benzene rings is 1. The summed E-state index contributed by atoms with van der Waals surface area (Å²) in [6.07, 6.45) is 6.05. The Morgan fingerprint density at radius 3 is 2.79 bits per heavy atom. The van der Waals surface area contributed by atoms with Crippen LogP contribution in [0.1, 0.15) is 38.2 Å². The summed E-state index contributed by atoms with van der Waals surface area (Å²) in [7, 11) is 0. The van der Waals surface area contributed by atoms with E-state index in [9.17, 15) is 4.79 Å². The van der Waals surface area contributed by atoms with Gasteiger partial charge in [0.05, 0.1) is 12.7 Å². The monoisotopic (exact) mass is 381 g/mol. The number of nitrogens with zero attached hydrogens (tertiary/aromatic N) is 2. The number of hydrogen-bond acceptors (Lipinski definition) is 4. The van der Waals surface area contributed by atoms with Crippen molar-refractivity contribution in [2.75, 3.05) is 36.0 Å². The molecule has 2 unspecified atom stereocenters. The molecule has 1 N–H and O–H groups in total. The van der Waals surface area contributed by atoms with Gasteiger partial charge >= 0.3 is 0 Å². The molecule has 28 heavy (non-hydrogen) atoms. The van der Waals surface area contributed by atoms with Crippen molar-refractivity contribution in [1.29, 1.82) is 0 Å². The molecule has 2 aliphatic rings. The lowest BCUT2D eigenvalue weighted by Gasteiger charge is -2.35. The fourth-order valence-electron chi connectivity index (χ4n) is 4.50. The predicted octanol–water partition coefficient (Wildman–Crippen LogP) is 3.59. The average molecular weight is 382 g/mol. The van der Waals surface area contributed by atoms with E-state index >= 15 is 0 Å². The molecule has 1 aromatic carbocycles. The van der Waals surface area contributed by atoms with Gasteiger partial charge in [-0.2, -0.15) is 0 Å². The molecular formula is C23H31N3O2. The van der Waals surface area contributed by atoms with Crippen molar-refractivity contribution in [3.8, 4) is 0 Å². The van der Waals surface area contributed by atoms with Crippen LogP contribution >= 0.6 is 0 Å². The van der Waals surface area contributed by atoms with Gasteiger partial charge < -0.3 is 19.5 Å². The molecule has 2 atom stereocenters. The van der Waals surface area contributed by atoms with E-state index in [1.165, 1.54) is 24.8 Å². The SMILES string of the molecule is CC1CN(c2cc(N3CCCCCC3Cc3ccccc3)[nH]c(=O)c2)CCO1. The molecular weight excluding hydrogens is 350 g/mol. The highest BCUT2D eigenvalue weighted by molar-refractivity contribution is 5.56. The molecule has 5 nitrogen and oxygen atoms in total. The lowest BCUT2D eigenvalue weighted by atomic mass is 10.0. The Kier molecular flexibility index (Phi) is 6.01. The van der Waals surface area contributed by atoms with Gasteiger partial charge in [0.25, 0.3) is 5.56 Å². The summed E-state index contributed by atoms with van der Waals surface area (Å²) >= 11 is 0. The van der Waals surface area contributed by atoms with Gasteiger partial charge in [0, 0.05) is 43.5 Å². The number of H-pyrrole nitrogens is 1. The summed E-state index contributed by atoms with van der Waals surface area (Å²) in [5.74, 6) is 0.962. The maximum Gasteiger partial charge on any atom is 0.251 e. The van der Waals surface area contributed by atoms with E-state index in [2.05, 4.69) is 58.1 Å². The Labute approximate surface area is 167 Å². The maximum atomic E-state index is 12.5. The lowest BCUT2D eigenvalue weighted by molar-refractivity contribution is 0.0532. The summed E-state index contributed by atoms with van der Waals surface area (Å²) in [6.45, 7) is 5.46. The highest BCUT2D eigenvalue weighted by Crippen LogP contribution is 2.27. The van der Waals surface area contributed by atoms with Crippen LogP contribution in [0.2, 0.25) is 0 Å². The topological polar surface area (TPSA) is 48.6 Å². The first-order chi connectivity index (χ1) is 13.7. The summed E-state index contributed by atoms with van der Waals surface area (Å²) in [4.78, 5) is 20.3. The minimum Gasteiger partial charge on any atom is -0.375 e. The smallest absolute Gasteiger partial charge is 0.251 e. The first-order valence-electron chi connectivity index (χ1n) is 10.6. The number of hydrogen-bond donors (Lipinski definition) is 1. The van der Waals surface area contributed by atoms with E-state index < -0.39 is 0 Å². The van der Waals surface area contributed by atoms with Crippen LogP contribution in [-0.4, -0.2) is 43.4 Å². The van der Waals surface area contributed by atoms with Gasteiger partial charge in [-0.25, -0.2) is 0 Å². The molecule has 2 saturated heterocycles. The van der Waals surface area contributed by atoms with Crippen LogP contribution < -0.4 is 15.4 Å². The number of nitrogens with one attached hydrogen (secondary N) is 1. The van der Waals surface area contributed by atoms with Crippen LogP contribution in [0.3, 0.4) is 0 Å². The normalized spacial score (nSPS) is 23.5. The van der Waals surface area contributed by atoms with E-state index in [-0.39, 0.29) is 11.7 Å². The number of aromatic amines is 1. The van der Waals surface area contributed by atoms with E-state index in [1.807, 2.05) is 0 Å². The number of anilines is 2. The Hall–Kier alpha value is -2.27. The van der Waals surface area contributed by atoms with Crippen molar-refractivity contribution in [2.24, 2.45) is 0 Å². The van der Waals surface area contributed by atoms with Crippen LogP contribution in [0.5, 0.6) is 0 Å². The first-order valence-corrected chi connectivity index (χ1v) is 10.6. The predicted molar refractivity (Wildman–Crippen MR) is 114 cm³/mol. The zero-order chi connectivity index (χ0) is 19.3. The van der Waals surface area contributed by atoms with Crippen molar-refractivity contribution >= 4 is 11.5 Å². The van der Waals surface area contributed by atoms with E-state index in [4.69, 9.17) is 4.74 Å². The molecule has 0 aliphatic carbocycles. The van der Waals surface area contributed by atoms with E-state index in [0.717, 1.165) is 44.0 Å². The second kappa shape index (κ2) is 8.82. The zero-order valence-electron chi connectivity index (χ0n) is 16.8. The molecule has 5 heteroatoms. The Bertz CT molecular complexity index is 820. The van der Waals surface area contributed by atoms with Crippen LogP contribution in [0, 0.1) is 0 Å². The van der Waals surface area contributed by atoms with Gasteiger partial charge in [-0.1, -0.05) is 43.2 Å².